The fourth-order valence-corrected chi connectivity index (χ4v) is 2.40. The molecule has 2 rings (SSSR count). The van der Waals surface area contributed by atoms with Crippen molar-refractivity contribution >= 4 is 27.3 Å². The van der Waals surface area contributed by atoms with E-state index in [9.17, 15) is 4.79 Å². The summed E-state index contributed by atoms with van der Waals surface area (Å²) >= 11 is 1.57. The van der Waals surface area contributed by atoms with E-state index in [1.54, 1.807) is 25.4 Å². The lowest BCUT2D eigenvalue weighted by molar-refractivity contribution is -0.127. The van der Waals surface area contributed by atoms with Crippen LogP contribution >= 0.6 is 11.3 Å². The van der Waals surface area contributed by atoms with Gasteiger partial charge in [-0.2, -0.15) is 0 Å². The molecule has 1 aromatic carbocycles. The van der Waals surface area contributed by atoms with Crippen molar-refractivity contribution in [3.8, 4) is 0 Å². The predicted octanol–water partition coefficient (Wildman–Crippen LogP) is 2.44. The molecule has 0 spiro atoms. The number of ether oxygens (including phenoxy) is 1. The van der Waals surface area contributed by atoms with Gasteiger partial charge < -0.3 is 4.74 Å². The Morgan fingerprint density at radius 2 is 2.25 bits per heavy atom. The van der Waals surface area contributed by atoms with E-state index in [0.29, 0.717) is 6.42 Å². The van der Waals surface area contributed by atoms with Crippen LogP contribution in [0, 0.1) is 0 Å². The summed E-state index contributed by atoms with van der Waals surface area (Å²) in [6.45, 7) is 1.76. The van der Waals surface area contributed by atoms with Crippen molar-refractivity contribution in [3.63, 3.8) is 0 Å². The summed E-state index contributed by atoms with van der Waals surface area (Å²) in [5, 5.41) is 0.857. The fourth-order valence-electron chi connectivity index (χ4n) is 1.42. The molecule has 1 heterocycles. The summed E-state index contributed by atoms with van der Waals surface area (Å²) in [5.74, 6) is 0.0709. The molecule has 1 atom stereocenters. The Balaban J connectivity index is 2.18. The van der Waals surface area contributed by atoms with Crippen LogP contribution < -0.4 is 0 Å². The minimum absolute atomic E-state index is 0.0709. The third-order valence-electron chi connectivity index (χ3n) is 2.47. The Hall–Kier alpha value is -1.26. The highest BCUT2D eigenvalue weighted by Crippen LogP contribution is 2.22. The minimum Gasteiger partial charge on any atom is -0.374 e. The molecule has 16 heavy (non-hydrogen) atoms. The van der Waals surface area contributed by atoms with Gasteiger partial charge in [0.05, 0.1) is 16.6 Å². The van der Waals surface area contributed by atoms with Crippen LogP contribution in [0.15, 0.2) is 24.3 Å². The molecule has 0 aliphatic carbocycles. The van der Waals surface area contributed by atoms with Crippen molar-refractivity contribution in [3.05, 3.63) is 29.3 Å². The standard InChI is InChI=1S/C12H13NO2S/c1-8(15-2)10(14)7-12-13-9-5-3-4-6-11(9)16-12/h3-6,8H,7H2,1-2H3. The number of Topliss-reactive ketones (excluding diaryl/α,β-unsaturated/α-hetero) is 1. The molecule has 4 heteroatoms. The van der Waals surface area contributed by atoms with Crippen LogP contribution in [0.3, 0.4) is 0 Å². The number of carbonyl (C=O) groups is 1. The van der Waals surface area contributed by atoms with Gasteiger partial charge in [-0.1, -0.05) is 12.1 Å². The van der Waals surface area contributed by atoms with E-state index >= 15 is 0 Å². The molecular weight excluding hydrogens is 222 g/mol. The van der Waals surface area contributed by atoms with Crippen molar-refractivity contribution < 1.29 is 9.53 Å². The average molecular weight is 235 g/mol. The van der Waals surface area contributed by atoms with Gasteiger partial charge in [0.15, 0.2) is 5.78 Å². The molecule has 0 saturated carbocycles. The molecule has 0 fully saturated rings. The number of methoxy groups -OCH3 is 1. The molecule has 0 aliphatic rings. The SMILES string of the molecule is COC(C)C(=O)Cc1nc2ccccc2s1. The molecule has 0 bridgehead atoms. The second-order valence-corrected chi connectivity index (χ2v) is 4.71. The van der Waals surface area contributed by atoms with Crippen LogP contribution in [-0.2, 0) is 16.0 Å². The van der Waals surface area contributed by atoms with E-state index in [1.165, 1.54) is 0 Å². The zero-order chi connectivity index (χ0) is 11.5. The normalized spacial score (nSPS) is 12.9. The maximum Gasteiger partial charge on any atom is 0.168 e. The average Bonchev–Trinajstić information content (AvgIpc) is 2.69. The summed E-state index contributed by atoms with van der Waals surface area (Å²) in [4.78, 5) is 16.1. The first-order valence-electron chi connectivity index (χ1n) is 5.10. The Morgan fingerprint density at radius 3 is 2.94 bits per heavy atom. The van der Waals surface area contributed by atoms with E-state index in [1.807, 2.05) is 24.3 Å². The molecule has 0 N–H and O–H groups in total. The van der Waals surface area contributed by atoms with Crippen LogP contribution in [0.25, 0.3) is 10.2 Å². The second-order valence-electron chi connectivity index (χ2n) is 3.60. The van der Waals surface area contributed by atoms with Crippen LogP contribution in [0.2, 0.25) is 0 Å². The first-order valence-corrected chi connectivity index (χ1v) is 5.92. The number of benzene rings is 1. The van der Waals surface area contributed by atoms with Crippen molar-refractivity contribution in [2.75, 3.05) is 7.11 Å². The zero-order valence-electron chi connectivity index (χ0n) is 9.27. The van der Waals surface area contributed by atoms with E-state index in [4.69, 9.17) is 4.74 Å². The quantitative estimate of drug-likeness (QED) is 0.817. The number of thiazole rings is 1. The predicted molar refractivity (Wildman–Crippen MR) is 64.8 cm³/mol. The molecule has 0 radical (unpaired) electrons. The molecular formula is C12H13NO2S. The minimum atomic E-state index is -0.355. The Bertz CT molecular complexity index is 473. The van der Waals surface area contributed by atoms with Crippen LogP contribution in [0.4, 0.5) is 0 Å². The highest BCUT2D eigenvalue weighted by Gasteiger charge is 2.14. The highest BCUT2D eigenvalue weighted by atomic mass is 32.1. The molecule has 0 aliphatic heterocycles. The molecule has 0 saturated heterocycles. The Labute approximate surface area is 98.1 Å². The van der Waals surface area contributed by atoms with Crippen molar-refractivity contribution in [2.45, 2.75) is 19.4 Å². The van der Waals surface area contributed by atoms with Gasteiger partial charge in [-0.15, -0.1) is 11.3 Å². The number of rotatable bonds is 4. The zero-order valence-corrected chi connectivity index (χ0v) is 10.1. The second kappa shape index (κ2) is 4.72. The van der Waals surface area contributed by atoms with Gasteiger partial charge in [-0.05, 0) is 19.1 Å². The highest BCUT2D eigenvalue weighted by molar-refractivity contribution is 7.18. The first-order chi connectivity index (χ1) is 7.70. The Kier molecular flexibility index (Phi) is 3.31. The summed E-state index contributed by atoms with van der Waals surface area (Å²) in [6, 6.07) is 7.90. The van der Waals surface area contributed by atoms with E-state index in [-0.39, 0.29) is 11.9 Å². The number of nitrogens with zero attached hydrogens (tertiary/aromatic N) is 1. The molecule has 1 aromatic heterocycles. The summed E-state index contributed by atoms with van der Waals surface area (Å²) < 4.78 is 6.11. The number of carbonyl (C=O) groups excluding carboxylic acids is 1. The summed E-state index contributed by atoms with van der Waals surface area (Å²) in [7, 11) is 1.54. The number of hydrogen-bond donors (Lipinski definition) is 0. The number of fused-ring (bicyclic) bond motifs is 1. The maximum absolute atomic E-state index is 11.7. The monoisotopic (exact) mass is 235 g/mol. The van der Waals surface area contributed by atoms with Gasteiger partial charge in [0, 0.05) is 7.11 Å². The van der Waals surface area contributed by atoms with Gasteiger partial charge in [-0.25, -0.2) is 4.98 Å². The van der Waals surface area contributed by atoms with Crippen molar-refractivity contribution in [1.82, 2.24) is 4.98 Å². The van der Waals surface area contributed by atoms with E-state index in [0.717, 1.165) is 15.2 Å². The molecule has 1 unspecified atom stereocenters. The largest absolute Gasteiger partial charge is 0.374 e. The number of para-hydroxylation sites is 1. The van der Waals surface area contributed by atoms with E-state index in [2.05, 4.69) is 4.98 Å². The van der Waals surface area contributed by atoms with Gasteiger partial charge in [0.25, 0.3) is 0 Å². The lowest BCUT2D eigenvalue weighted by Crippen LogP contribution is -2.20. The third-order valence-corrected chi connectivity index (χ3v) is 3.51. The van der Waals surface area contributed by atoms with Gasteiger partial charge in [0.2, 0.25) is 0 Å². The first kappa shape index (κ1) is 11.2. The van der Waals surface area contributed by atoms with Gasteiger partial charge in [0.1, 0.15) is 11.1 Å². The van der Waals surface area contributed by atoms with Gasteiger partial charge in [-0.3, -0.25) is 4.79 Å². The van der Waals surface area contributed by atoms with E-state index < -0.39 is 0 Å². The fraction of sp³-hybridized carbons (Fsp3) is 0.333. The topological polar surface area (TPSA) is 39.2 Å². The summed E-state index contributed by atoms with van der Waals surface area (Å²) in [5.41, 5.74) is 0.959. The molecule has 3 nitrogen and oxygen atoms in total. The van der Waals surface area contributed by atoms with Crippen molar-refractivity contribution in [2.24, 2.45) is 0 Å². The molecule has 0 amide bonds. The lowest BCUT2D eigenvalue weighted by Gasteiger charge is -2.05. The Morgan fingerprint density at radius 1 is 1.50 bits per heavy atom. The molecule has 2 aromatic rings. The number of aromatic nitrogens is 1. The third kappa shape index (κ3) is 2.28. The van der Waals surface area contributed by atoms with Crippen LogP contribution in [0.1, 0.15) is 11.9 Å². The number of hydrogen-bond acceptors (Lipinski definition) is 4. The lowest BCUT2D eigenvalue weighted by atomic mass is 10.2. The molecule has 84 valence electrons. The maximum atomic E-state index is 11.7. The van der Waals surface area contributed by atoms with Crippen molar-refractivity contribution in [1.29, 1.82) is 0 Å². The smallest absolute Gasteiger partial charge is 0.168 e. The number of ketones is 1. The van der Waals surface area contributed by atoms with Gasteiger partial charge >= 0.3 is 0 Å². The summed E-state index contributed by atoms with van der Waals surface area (Å²) in [6.07, 6.45) is 0.000891. The van der Waals surface area contributed by atoms with Crippen LogP contribution in [-0.4, -0.2) is 24.0 Å². The van der Waals surface area contributed by atoms with Crippen LogP contribution in [0.5, 0.6) is 0 Å².